The molecule has 0 saturated carbocycles. The van der Waals surface area contributed by atoms with Gasteiger partial charge in [-0.25, -0.2) is 0 Å². The van der Waals surface area contributed by atoms with Gasteiger partial charge < -0.3 is 0 Å². The molecule has 0 aromatic carbocycles. The zero-order chi connectivity index (χ0) is 2.57. The van der Waals surface area contributed by atoms with Crippen molar-refractivity contribution in [1.29, 1.82) is 0 Å². The molecule has 0 aromatic heterocycles. The fourth-order valence-electron chi connectivity index (χ4n) is 0.552. The molecule has 4 heavy (non-hydrogen) atoms. The van der Waals surface area contributed by atoms with Gasteiger partial charge in [-0.1, -0.05) is 0 Å². The highest BCUT2D eigenvalue weighted by atomic mass is 13.9. The van der Waals surface area contributed by atoms with Crippen LogP contribution >= 0.6 is 0 Å². The first-order valence-corrected chi connectivity index (χ1v) is 1.97. The fraction of sp³-hybridized carbons (Fsp3) is 1.00. The molecular weight excluding hydrogens is 45.6 g/mol. The highest BCUT2D eigenvalue weighted by Crippen LogP contribution is 2.43. The molecule has 0 N–H and O–H groups in total. The van der Waals surface area contributed by atoms with Gasteiger partial charge in [-0.3, -0.25) is 0 Å². The van der Waals surface area contributed by atoms with E-state index in [0.717, 1.165) is 0 Å². The molecule has 0 spiro atoms. The van der Waals surface area contributed by atoms with E-state index in [-0.39, 0.29) is 0 Å². The van der Waals surface area contributed by atoms with Crippen molar-refractivity contribution in [3.05, 3.63) is 0 Å². The van der Waals surface area contributed by atoms with E-state index in [1.54, 1.807) is 12.4 Å². The van der Waals surface area contributed by atoms with Gasteiger partial charge in [-0.15, -0.1) is 12.4 Å². The predicted molar refractivity (Wildman–Crippen MR) is 21.1 cm³/mol. The van der Waals surface area contributed by atoms with Crippen molar-refractivity contribution in [2.75, 3.05) is 0 Å². The standard InChI is InChI=1S/C2H4B2/c1-3-2-4(1)3/h1-2H2. The molecular formula is C2H4B2. The van der Waals surface area contributed by atoms with E-state index in [1.165, 1.54) is 13.2 Å². The van der Waals surface area contributed by atoms with Gasteiger partial charge in [0, 0.05) is 0 Å². The molecule has 0 nitrogen and oxygen atoms in total. The maximum atomic E-state index is 1.58. The highest BCUT2D eigenvalue weighted by molar-refractivity contribution is 7.57. The lowest BCUT2D eigenvalue weighted by molar-refractivity contribution is 1.87. The third kappa shape index (κ3) is 0.0411. The molecule has 0 radical (unpaired) electrons. The number of rotatable bonds is 0. The lowest BCUT2D eigenvalue weighted by Crippen LogP contribution is -1.59. The zero-order valence-corrected chi connectivity index (χ0v) is 2.57. The molecule has 0 aromatic rings. The van der Waals surface area contributed by atoms with Gasteiger partial charge in [0.05, 0.1) is 13.2 Å². The zero-order valence-electron chi connectivity index (χ0n) is 2.57. The summed E-state index contributed by atoms with van der Waals surface area (Å²) in [5, 5.41) is 0. The summed E-state index contributed by atoms with van der Waals surface area (Å²) < 4.78 is 0. The first kappa shape index (κ1) is 1.54. The summed E-state index contributed by atoms with van der Waals surface area (Å²) in [6, 6.07) is 0. The smallest absolute Gasteiger partial charge is 0.0913 e. The van der Waals surface area contributed by atoms with Crippen LogP contribution in [-0.2, 0) is 0 Å². The van der Waals surface area contributed by atoms with Crippen LogP contribution in [0.1, 0.15) is 0 Å². The van der Waals surface area contributed by atoms with Crippen LogP contribution in [-0.4, -0.2) is 13.2 Å². The largest absolute Gasteiger partial charge is 0.108 e. The number of hydrogen-bond donors (Lipinski definition) is 0. The van der Waals surface area contributed by atoms with E-state index < -0.39 is 0 Å². The number of hydrogen-bond acceptors (Lipinski definition) is 0. The van der Waals surface area contributed by atoms with Gasteiger partial charge in [0.2, 0.25) is 0 Å². The Morgan fingerprint density at radius 3 is 1.25 bits per heavy atom. The van der Waals surface area contributed by atoms with Crippen molar-refractivity contribution >= 4 is 13.2 Å². The van der Waals surface area contributed by atoms with Gasteiger partial charge in [0.15, 0.2) is 0 Å². The first-order valence-electron chi connectivity index (χ1n) is 1.97. The molecule has 0 aliphatic carbocycles. The predicted octanol–water partition coefficient (Wildman–Crippen LogP) is 0.160. The third-order valence-electron chi connectivity index (χ3n) is 1.47. The Morgan fingerprint density at radius 1 is 1.00 bits per heavy atom. The highest BCUT2D eigenvalue weighted by Gasteiger charge is 2.58. The van der Waals surface area contributed by atoms with E-state index in [2.05, 4.69) is 0 Å². The molecule has 0 unspecified atom stereocenters. The Balaban J connectivity index is 2.48. The summed E-state index contributed by atoms with van der Waals surface area (Å²) in [6.45, 7) is 2.50. The molecule has 2 heteroatoms. The van der Waals surface area contributed by atoms with Crippen LogP contribution in [0.15, 0.2) is 0 Å². The summed E-state index contributed by atoms with van der Waals surface area (Å²) in [7, 11) is 0. The average Bonchev–Trinajstić information content (AvgIpc) is 1.36. The summed E-state index contributed by atoms with van der Waals surface area (Å²) >= 11 is 0. The molecule has 0 amide bonds. The first-order chi connectivity index (χ1) is 1.97. The van der Waals surface area contributed by atoms with Crippen LogP contribution in [0.5, 0.6) is 0 Å². The SMILES string of the molecule is C1B2CB12. The maximum absolute atomic E-state index is 1.58. The van der Waals surface area contributed by atoms with Crippen molar-refractivity contribution < 1.29 is 0 Å². The van der Waals surface area contributed by atoms with Crippen molar-refractivity contribution in [1.82, 2.24) is 0 Å². The Morgan fingerprint density at radius 2 is 1.25 bits per heavy atom. The monoisotopic (exact) mass is 50.0 g/mol. The van der Waals surface area contributed by atoms with Crippen LogP contribution in [0.25, 0.3) is 0 Å². The second kappa shape index (κ2) is 0.215. The molecule has 2 fully saturated rings. The fourth-order valence-corrected chi connectivity index (χ4v) is 0.552. The van der Waals surface area contributed by atoms with E-state index in [4.69, 9.17) is 0 Å². The Hall–Kier alpha value is 0.130. The maximum Gasteiger partial charge on any atom is 0.0913 e. The van der Waals surface area contributed by atoms with Gasteiger partial charge in [0.1, 0.15) is 0 Å². The lowest BCUT2D eigenvalue weighted by atomic mass is 9.81. The normalized spacial score (nSPS) is 30.0. The molecule has 0 atom stereocenters. The molecule has 2 saturated heterocycles. The van der Waals surface area contributed by atoms with Gasteiger partial charge in [0.25, 0.3) is 0 Å². The Labute approximate surface area is 26.7 Å². The van der Waals surface area contributed by atoms with Crippen molar-refractivity contribution in [2.45, 2.75) is 12.4 Å². The van der Waals surface area contributed by atoms with Crippen LogP contribution in [0.3, 0.4) is 0 Å². The van der Waals surface area contributed by atoms with E-state index in [1.807, 2.05) is 0 Å². The quantitative estimate of drug-likeness (QED) is 0.343. The van der Waals surface area contributed by atoms with Crippen LogP contribution in [0.2, 0.25) is 12.4 Å². The minimum absolute atomic E-state index is 1.25. The van der Waals surface area contributed by atoms with E-state index in [9.17, 15) is 0 Å². The molecule has 2 rings (SSSR count). The van der Waals surface area contributed by atoms with Crippen LogP contribution in [0, 0.1) is 0 Å². The van der Waals surface area contributed by atoms with Crippen molar-refractivity contribution in [2.24, 2.45) is 0 Å². The molecule has 18 valence electrons. The van der Waals surface area contributed by atoms with Gasteiger partial charge in [-0.2, -0.15) is 0 Å². The molecule has 0 bridgehead atoms. The summed E-state index contributed by atoms with van der Waals surface area (Å²) in [5.41, 5.74) is 0. The van der Waals surface area contributed by atoms with E-state index in [0.29, 0.717) is 0 Å². The average molecular weight is 49.7 g/mol. The Kier molecular flexibility index (Phi) is 0.0826. The number of fused-ring (bicyclic) bond motifs is 1. The van der Waals surface area contributed by atoms with Crippen molar-refractivity contribution in [3.63, 3.8) is 0 Å². The summed E-state index contributed by atoms with van der Waals surface area (Å²) in [4.78, 5) is 0. The second-order valence-corrected chi connectivity index (χ2v) is 1.99. The summed E-state index contributed by atoms with van der Waals surface area (Å²) in [5.74, 6) is 0. The van der Waals surface area contributed by atoms with Crippen molar-refractivity contribution in [3.8, 4) is 0 Å². The van der Waals surface area contributed by atoms with E-state index >= 15 is 0 Å². The summed E-state index contributed by atoms with van der Waals surface area (Å²) in [6.07, 6.45) is 3.17. The molecule has 2 aliphatic heterocycles. The topological polar surface area (TPSA) is 0 Å². The van der Waals surface area contributed by atoms with Crippen LogP contribution < -0.4 is 0 Å². The van der Waals surface area contributed by atoms with Gasteiger partial charge >= 0.3 is 0 Å². The van der Waals surface area contributed by atoms with Crippen LogP contribution in [0.4, 0.5) is 0 Å². The minimum atomic E-state index is 1.25. The molecule has 2 heterocycles. The lowest BCUT2D eigenvalue weighted by Gasteiger charge is -1.60. The molecule has 2 aliphatic rings. The minimum Gasteiger partial charge on any atom is -0.108 e. The Bertz CT molecular complexity index is 40.0. The second-order valence-electron chi connectivity index (χ2n) is 1.99. The third-order valence-corrected chi connectivity index (χ3v) is 1.47. The van der Waals surface area contributed by atoms with Gasteiger partial charge in [-0.05, 0) is 0 Å².